The Balaban J connectivity index is 1.58. The Bertz CT molecular complexity index is 636. The molecule has 0 aliphatic carbocycles. The van der Waals surface area contributed by atoms with E-state index in [9.17, 15) is 9.59 Å². The predicted octanol–water partition coefficient (Wildman–Crippen LogP) is 1.53. The fourth-order valence-corrected chi connectivity index (χ4v) is 3.06. The molecule has 1 atom stereocenters. The number of hydrogen-bond acceptors (Lipinski definition) is 4. The molecule has 0 aromatic heterocycles. The zero-order chi connectivity index (χ0) is 16.4. The zero-order valence-electron chi connectivity index (χ0n) is 13.5. The summed E-state index contributed by atoms with van der Waals surface area (Å²) in [6.45, 7) is 5.75. The van der Waals surface area contributed by atoms with Crippen LogP contribution in [-0.4, -0.2) is 59.1 Å². The standard InChI is InChI=1S/C17H21N3O3/c1-13-12-17(2,23-18-13)16(22)20-10-8-19(9-11-20)15(21)14-6-4-3-5-7-14/h3-7H,8-12H2,1-2H3/t17-/m1/s1. The maximum atomic E-state index is 12.6. The molecule has 1 aromatic carbocycles. The summed E-state index contributed by atoms with van der Waals surface area (Å²) in [7, 11) is 0. The van der Waals surface area contributed by atoms with Crippen LogP contribution < -0.4 is 0 Å². The number of carbonyl (C=O) groups is 2. The van der Waals surface area contributed by atoms with Crippen LogP contribution in [0.15, 0.2) is 35.5 Å². The topological polar surface area (TPSA) is 62.2 Å². The van der Waals surface area contributed by atoms with Gasteiger partial charge in [-0.2, -0.15) is 0 Å². The fourth-order valence-electron chi connectivity index (χ4n) is 3.06. The second-order valence-corrected chi connectivity index (χ2v) is 6.28. The molecule has 0 bridgehead atoms. The van der Waals surface area contributed by atoms with Crippen molar-refractivity contribution in [2.75, 3.05) is 26.2 Å². The van der Waals surface area contributed by atoms with Gasteiger partial charge in [-0.05, 0) is 26.0 Å². The highest BCUT2D eigenvalue weighted by Crippen LogP contribution is 2.26. The van der Waals surface area contributed by atoms with Gasteiger partial charge in [-0.15, -0.1) is 0 Å². The fraction of sp³-hybridized carbons (Fsp3) is 0.471. The summed E-state index contributed by atoms with van der Waals surface area (Å²) in [6, 6.07) is 9.22. The van der Waals surface area contributed by atoms with Gasteiger partial charge in [0.1, 0.15) is 0 Å². The minimum Gasteiger partial charge on any atom is -0.379 e. The van der Waals surface area contributed by atoms with Crippen molar-refractivity contribution < 1.29 is 14.4 Å². The molecule has 1 saturated heterocycles. The number of piperazine rings is 1. The molecule has 0 spiro atoms. The number of amides is 2. The van der Waals surface area contributed by atoms with E-state index in [-0.39, 0.29) is 11.8 Å². The van der Waals surface area contributed by atoms with Crippen LogP contribution in [0.3, 0.4) is 0 Å². The molecule has 0 saturated carbocycles. The van der Waals surface area contributed by atoms with Crippen molar-refractivity contribution >= 4 is 17.5 Å². The van der Waals surface area contributed by atoms with Gasteiger partial charge in [0.2, 0.25) is 5.60 Å². The van der Waals surface area contributed by atoms with Crippen molar-refractivity contribution in [2.45, 2.75) is 25.9 Å². The Hall–Kier alpha value is -2.37. The number of hydrogen-bond donors (Lipinski definition) is 0. The predicted molar refractivity (Wildman–Crippen MR) is 86.1 cm³/mol. The summed E-state index contributed by atoms with van der Waals surface area (Å²) >= 11 is 0. The van der Waals surface area contributed by atoms with Crippen LogP contribution in [-0.2, 0) is 9.63 Å². The highest BCUT2D eigenvalue weighted by Gasteiger charge is 2.44. The van der Waals surface area contributed by atoms with Gasteiger partial charge in [0.25, 0.3) is 11.8 Å². The largest absolute Gasteiger partial charge is 0.379 e. The quantitative estimate of drug-likeness (QED) is 0.831. The van der Waals surface area contributed by atoms with Crippen molar-refractivity contribution in [1.29, 1.82) is 0 Å². The number of oxime groups is 1. The Morgan fingerprint density at radius 2 is 1.70 bits per heavy atom. The first-order chi connectivity index (χ1) is 11.0. The normalized spacial score (nSPS) is 24.2. The third-order valence-electron chi connectivity index (χ3n) is 4.32. The second-order valence-electron chi connectivity index (χ2n) is 6.28. The van der Waals surface area contributed by atoms with Crippen molar-refractivity contribution in [2.24, 2.45) is 5.16 Å². The van der Waals surface area contributed by atoms with Crippen molar-refractivity contribution in [3.63, 3.8) is 0 Å². The highest BCUT2D eigenvalue weighted by molar-refractivity contribution is 5.95. The maximum absolute atomic E-state index is 12.6. The lowest BCUT2D eigenvalue weighted by molar-refractivity contribution is -0.154. The molecule has 0 N–H and O–H groups in total. The van der Waals surface area contributed by atoms with Crippen molar-refractivity contribution in [1.82, 2.24) is 9.80 Å². The van der Waals surface area contributed by atoms with E-state index in [0.717, 1.165) is 5.71 Å². The molecule has 0 unspecified atom stereocenters. The van der Waals surface area contributed by atoms with E-state index in [0.29, 0.717) is 38.2 Å². The van der Waals surface area contributed by atoms with Crippen LogP contribution in [0, 0.1) is 0 Å². The number of rotatable bonds is 2. The van der Waals surface area contributed by atoms with E-state index in [4.69, 9.17) is 4.84 Å². The Kier molecular flexibility index (Phi) is 4.07. The van der Waals surface area contributed by atoms with Crippen molar-refractivity contribution in [3.05, 3.63) is 35.9 Å². The van der Waals surface area contributed by atoms with Crippen LogP contribution in [0.4, 0.5) is 0 Å². The number of benzene rings is 1. The summed E-state index contributed by atoms with van der Waals surface area (Å²) < 4.78 is 0. The molecule has 6 heteroatoms. The lowest BCUT2D eigenvalue weighted by Gasteiger charge is -2.37. The monoisotopic (exact) mass is 315 g/mol. The molecule has 1 fully saturated rings. The first-order valence-electron chi connectivity index (χ1n) is 7.85. The van der Waals surface area contributed by atoms with Gasteiger partial charge in [0.15, 0.2) is 0 Å². The molecule has 122 valence electrons. The van der Waals surface area contributed by atoms with Gasteiger partial charge in [0, 0.05) is 38.2 Å². The van der Waals surface area contributed by atoms with E-state index in [1.165, 1.54) is 0 Å². The van der Waals surface area contributed by atoms with E-state index < -0.39 is 5.60 Å². The lowest BCUT2D eigenvalue weighted by atomic mass is 9.98. The maximum Gasteiger partial charge on any atom is 0.269 e. The molecule has 23 heavy (non-hydrogen) atoms. The van der Waals surface area contributed by atoms with E-state index >= 15 is 0 Å². The summed E-state index contributed by atoms with van der Waals surface area (Å²) in [5.74, 6) is -0.0369. The second kappa shape index (κ2) is 6.02. The highest BCUT2D eigenvalue weighted by atomic mass is 16.7. The van der Waals surface area contributed by atoms with Gasteiger partial charge in [-0.25, -0.2) is 0 Å². The van der Waals surface area contributed by atoms with Gasteiger partial charge in [-0.3, -0.25) is 9.59 Å². The minimum absolute atomic E-state index is 0.0141. The lowest BCUT2D eigenvalue weighted by Crippen LogP contribution is -2.55. The summed E-state index contributed by atoms with van der Waals surface area (Å²) in [4.78, 5) is 33.9. The van der Waals surface area contributed by atoms with E-state index in [1.54, 1.807) is 16.7 Å². The summed E-state index contributed by atoms with van der Waals surface area (Å²) in [5, 5.41) is 3.89. The molecule has 6 nitrogen and oxygen atoms in total. The van der Waals surface area contributed by atoms with E-state index in [2.05, 4.69) is 5.16 Å². The smallest absolute Gasteiger partial charge is 0.269 e. The van der Waals surface area contributed by atoms with Crippen LogP contribution >= 0.6 is 0 Å². The molecule has 3 rings (SSSR count). The Labute approximate surface area is 135 Å². The van der Waals surface area contributed by atoms with Crippen LogP contribution in [0.1, 0.15) is 30.6 Å². The average Bonchev–Trinajstić information content (AvgIpc) is 2.95. The minimum atomic E-state index is -0.893. The first-order valence-corrected chi connectivity index (χ1v) is 7.85. The molecular formula is C17H21N3O3. The molecule has 2 amide bonds. The van der Waals surface area contributed by atoms with Crippen LogP contribution in [0.25, 0.3) is 0 Å². The zero-order valence-corrected chi connectivity index (χ0v) is 13.5. The third kappa shape index (κ3) is 3.06. The molecule has 2 aliphatic rings. The Morgan fingerprint density at radius 3 is 2.26 bits per heavy atom. The number of carbonyl (C=O) groups excluding carboxylic acids is 2. The number of nitrogens with zero attached hydrogens (tertiary/aromatic N) is 3. The SMILES string of the molecule is CC1=NO[C@@](C)(C(=O)N2CCN(C(=O)c3ccccc3)CC2)C1. The van der Waals surface area contributed by atoms with Gasteiger partial charge >= 0.3 is 0 Å². The third-order valence-corrected chi connectivity index (χ3v) is 4.32. The first kappa shape index (κ1) is 15.5. The summed E-state index contributed by atoms with van der Waals surface area (Å²) in [6.07, 6.45) is 0.523. The van der Waals surface area contributed by atoms with Gasteiger partial charge in [-0.1, -0.05) is 23.4 Å². The Morgan fingerprint density at radius 1 is 1.09 bits per heavy atom. The molecule has 1 aromatic rings. The van der Waals surface area contributed by atoms with E-state index in [1.807, 2.05) is 37.3 Å². The molecule has 2 heterocycles. The molecule has 2 aliphatic heterocycles. The van der Waals surface area contributed by atoms with Gasteiger partial charge < -0.3 is 14.6 Å². The molecular weight excluding hydrogens is 294 g/mol. The summed E-state index contributed by atoms with van der Waals surface area (Å²) in [5.41, 5.74) is 0.622. The van der Waals surface area contributed by atoms with Crippen molar-refractivity contribution in [3.8, 4) is 0 Å². The van der Waals surface area contributed by atoms with Crippen LogP contribution in [0.2, 0.25) is 0 Å². The van der Waals surface area contributed by atoms with Gasteiger partial charge in [0.05, 0.1) is 5.71 Å². The molecule has 0 radical (unpaired) electrons. The van der Waals surface area contributed by atoms with Crippen LogP contribution in [0.5, 0.6) is 0 Å². The average molecular weight is 315 g/mol.